The van der Waals surface area contributed by atoms with E-state index in [0.717, 1.165) is 35.0 Å². The number of H-pyrrole nitrogens is 2. The minimum absolute atomic E-state index is 0.101. The summed E-state index contributed by atoms with van der Waals surface area (Å²) in [6.45, 7) is 3.81. The number of amides is 2. The molecule has 2 heterocycles. The van der Waals surface area contributed by atoms with Crippen LogP contribution in [-0.2, 0) is 9.59 Å². The summed E-state index contributed by atoms with van der Waals surface area (Å²) in [6.07, 6.45) is -0.130. The molecule has 5 N–H and O–H groups in total. The number of nitrogens with zero attached hydrogens (tertiary/aromatic N) is 1. The molecule has 36 heavy (non-hydrogen) atoms. The maximum Gasteiger partial charge on any atom is 0.328 e. The largest absolute Gasteiger partial charge is 0.494 e. The number of halogens is 1. The standard InChI is InChI=1S/C24H22FN5O5S/c1-11-3-8-15(12(2)9-11)26-17(31)10-16-20(32)30-24(36-16)27-19(13-4-6-14(25)7-5-13)18-21(33)28-23(35)29-22(18)34/h3-9,16,19H,10H2,1-2H3,(H,26,31)(H,27,30,32)(H3,28,29,33,34,35). The van der Waals surface area contributed by atoms with Gasteiger partial charge in [0.25, 0.3) is 5.56 Å². The molecule has 1 aliphatic rings. The number of aromatic nitrogens is 2. The van der Waals surface area contributed by atoms with Crippen LogP contribution < -0.4 is 21.9 Å². The van der Waals surface area contributed by atoms with Crippen molar-refractivity contribution in [2.75, 3.05) is 5.32 Å². The minimum atomic E-state index is -1.18. The van der Waals surface area contributed by atoms with Gasteiger partial charge in [0, 0.05) is 12.1 Å². The number of aromatic hydroxyl groups is 1. The predicted molar refractivity (Wildman–Crippen MR) is 134 cm³/mol. The van der Waals surface area contributed by atoms with E-state index in [9.17, 15) is 28.7 Å². The van der Waals surface area contributed by atoms with Crippen LogP contribution >= 0.6 is 11.8 Å². The van der Waals surface area contributed by atoms with Crippen LogP contribution in [0.2, 0.25) is 0 Å². The lowest BCUT2D eigenvalue weighted by atomic mass is 10.0. The monoisotopic (exact) mass is 511 g/mol. The third-order valence-corrected chi connectivity index (χ3v) is 6.56. The van der Waals surface area contributed by atoms with Gasteiger partial charge < -0.3 is 15.7 Å². The number of aryl methyl sites for hydroxylation is 2. The van der Waals surface area contributed by atoms with E-state index in [2.05, 4.69) is 20.6 Å². The van der Waals surface area contributed by atoms with Crippen molar-refractivity contribution in [2.45, 2.75) is 31.6 Å². The topological polar surface area (TPSA) is 157 Å². The highest BCUT2D eigenvalue weighted by Crippen LogP contribution is 2.32. The van der Waals surface area contributed by atoms with Crippen LogP contribution in [0.3, 0.4) is 0 Å². The average molecular weight is 512 g/mol. The molecule has 2 aromatic carbocycles. The number of thioether (sulfide) groups is 1. The van der Waals surface area contributed by atoms with Crippen LogP contribution in [0.15, 0.2) is 57.0 Å². The van der Waals surface area contributed by atoms with Gasteiger partial charge in [-0.15, -0.1) is 0 Å². The second-order valence-corrected chi connectivity index (χ2v) is 9.42. The van der Waals surface area contributed by atoms with E-state index in [0.29, 0.717) is 11.3 Å². The van der Waals surface area contributed by atoms with Crippen molar-refractivity contribution in [3.05, 3.63) is 91.4 Å². The molecule has 12 heteroatoms. The fraction of sp³-hybridized carbons (Fsp3) is 0.208. The summed E-state index contributed by atoms with van der Waals surface area (Å²) in [5, 5.41) is 15.0. The van der Waals surface area contributed by atoms with E-state index in [1.54, 1.807) is 6.07 Å². The maximum atomic E-state index is 13.5. The Bertz CT molecular complexity index is 1480. The number of rotatable bonds is 6. The van der Waals surface area contributed by atoms with Crippen molar-refractivity contribution in [2.24, 2.45) is 4.99 Å². The molecule has 0 radical (unpaired) electrons. The molecule has 1 fully saturated rings. The van der Waals surface area contributed by atoms with Gasteiger partial charge in [-0.1, -0.05) is 41.6 Å². The quantitative estimate of drug-likeness (QED) is 0.342. The molecule has 0 bridgehead atoms. The maximum absolute atomic E-state index is 13.5. The molecular weight excluding hydrogens is 489 g/mol. The second-order valence-electron chi connectivity index (χ2n) is 8.23. The first-order chi connectivity index (χ1) is 17.1. The first kappa shape index (κ1) is 24.9. The molecule has 186 valence electrons. The average Bonchev–Trinajstić information content (AvgIpc) is 3.13. The van der Waals surface area contributed by atoms with E-state index < -0.39 is 40.1 Å². The Balaban J connectivity index is 1.58. The molecule has 2 amide bonds. The Labute approximate surface area is 208 Å². The molecule has 0 aliphatic carbocycles. The number of anilines is 1. The predicted octanol–water partition coefficient (Wildman–Crippen LogP) is 2.23. The Hall–Kier alpha value is -4.19. The molecule has 2 atom stereocenters. The molecular formula is C24H22FN5O5S. The summed E-state index contributed by atoms with van der Waals surface area (Å²) in [7, 11) is 0. The van der Waals surface area contributed by atoms with E-state index >= 15 is 0 Å². The van der Waals surface area contributed by atoms with Crippen LogP contribution in [-0.4, -0.2) is 37.3 Å². The number of aromatic amines is 2. The molecule has 1 aromatic heterocycles. The van der Waals surface area contributed by atoms with Crippen LogP contribution in [0.1, 0.15) is 34.7 Å². The van der Waals surface area contributed by atoms with Crippen LogP contribution in [0.4, 0.5) is 10.1 Å². The number of amidine groups is 1. The lowest BCUT2D eigenvalue weighted by molar-refractivity contribution is -0.122. The molecule has 0 saturated carbocycles. The number of carbonyl (C=O) groups excluding carboxylic acids is 2. The zero-order chi connectivity index (χ0) is 26.0. The van der Waals surface area contributed by atoms with Crippen molar-refractivity contribution >= 4 is 34.4 Å². The van der Waals surface area contributed by atoms with Gasteiger partial charge in [0.2, 0.25) is 17.7 Å². The zero-order valence-electron chi connectivity index (χ0n) is 19.2. The Morgan fingerprint density at radius 2 is 1.86 bits per heavy atom. The SMILES string of the molecule is Cc1ccc(NC(=O)CC2SC(=NC(c3ccc(F)cc3)c3c(O)[nH]c(=O)[nH]c3=O)NC2=O)c(C)c1. The van der Waals surface area contributed by atoms with E-state index in [1.807, 2.05) is 31.0 Å². The van der Waals surface area contributed by atoms with Gasteiger partial charge in [-0.3, -0.25) is 24.4 Å². The van der Waals surface area contributed by atoms with Gasteiger partial charge in [0.15, 0.2) is 5.17 Å². The molecule has 0 spiro atoms. The number of hydrogen-bond acceptors (Lipinski definition) is 7. The van der Waals surface area contributed by atoms with Crippen LogP contribution in [0, 0.1) is 19.7 Å². The number of carbonyl (C=O) groups is 2. The smallest absolute Gasteiger partial charge is 0.328 e. The van der Waals surface area contributed by atoms with Crippen molar-refractivity contribution in [3.63, 3.8) is 0 Å². The molecule has 10 nitrogen and oxygen atoms in total. The van der Waals surface area contributed by atoms with Crippen molar-refractivity contribution in [1.29, 1.82) is 0 Å². The van der Waals surface area contributed by atoms with Crippen LogP contribution in [0.25, 0.3) is 0 Å². The molecule has 3 aromatic rings. The first-order valence-corrected chi connectivity index (χ1v) is 11.7. The van der Waals surface area contributed by atoms with Gasteiger partial charge in [-0.05, 0) is 43.2 Å². The third kappa shape index (κ3) is 5.54. The Morgan fingerprint density at radius 3 is 2.53 bits per heavy atom. The van der Waals surface area contributed by atoms with Crippen molar-refractivity contribution < 1.29 is 19.1 Å². The van der Waals surface area contributed by atoms with Gasteiger partial charge in [-0.25, -0.2) is 14.2 Å². The summed E-state index contributed by atoms with van der Waals surface area (Å²) in [6, 6.07) is 9.44. The number of benzene rings is 2. The molecule has 4 rings (SSSR count). The number of hydrogen-bond donors (Lipinski definition) is 5. The highest BCUT2D eigenvalue weighted by atomic mass is 32.2. The fourth-order valence-electron chi connectivity index (χ4n) is 3.73. The summed E-state index contributed by atoms with van der Waals surface area (Å²) in [5.41, 5.74) is 0.815. The highest BCUT2D eigenvalue weighted by Gasteiger charge is 2.34. The van der Waals surface area contributed by atoms with Crippen molar-refractivity contribution in [3.8, 4) is 5.88 Å². The van der Waals surface area contributed by atoms with E-state index in [1.165, 1.54) is 12.1 Å². The highest BCUT2D eigenvalue weighted by molar-refractivity contribution is 8.15. The lowest BCUT2D eigenvalue weighted by Gasteiger charge is -2.14. The molecule has 1 saturated heterocycles. The third-order valence-electron chi connectivity index (χ3n) is 5.47. The Morgan fingerprint density at radius 1 is 1.14 bits per heavy atom. The Kier molecular flexibility index (Phi) is 7.06. The van der Waals surface area contributed by atoms with Gasteiger partial charge in [0.1, 0.15) is 22.7 Å². The van der Waals surface area contributed by atoms with Crippen LogP contribution in [0.5, 0.6) is 5.88 Å². The van der Waals surface area contributed by atoms with E-state index in [-0.39, 0.29) is 23.1 Å². The summed E-state index contributed by atoms with van der Waals surface area (Å²) in [4.78, 5) is 57.7. The summed E-state index contributed by atoms with van der Waals surface area (Å²) < 4.78 is 13.5. The van der Waals surface area contributed by atoms with Gasteiger partial charge >= 0.3 is 5.69 Å². The molecule has 1 aliphatic heterocycles. The van der Waals surface area contributed by atoms with Gasteiger partial charge in [-0.2, -0.15) is 0 Å². The first-order valence-electron chi connectivity index (χ1n) is 10.8. The summed E-state index contributed by atoms with van der Waals surface area (Å²) in [5.74, 6) is -2.04. The second kappa shape index (κ2) is 10.2. The zero-order valence-corrected chi connectivity index (χ0v) is 20.0. The minimum Gasteiger partial charge on any atom is -0.494 e. The number of nitrogens with one attached hydrogen (secondary N) is 4. The number of aliphatic imine (C=N–C) groups is 1. The lowest BCUT2D eigenvalue weighted by Crippen LogP contribution is -2.29. The van der Waals surface area contributed by atoms with Crippen molar-refractivity contribution in [1.82, 2.24) is 15.3 Å². The fourth-order valence-corrected chi connectivity index (χ4v) is 4.73. The summed E-state index contributed by atoms with van der Waals surface area (Å²) >= 11 is 0.989. The van der Waals surface area contributed by atoms with Gasteiger partial charge in [0.05, 0.1) is 0 Å². The van der Waals surface area contributed by atoms with E-state index in [4.69, 9.17) is 0 Å². The normalized spacial score (nSPS) is 17.1. The molecule has 2 unspecified atom stereocenters.